The maximum atomic E-state index is 11.8. The number of aliphatic carboxylic acids is 1. The van der Waals surface area contributed by atoms with E-state index >= 15 is 0 Å². The van der Waals surface area contributed by atoms with E-state index < -0.39 is 5.97 Å². The lowest BCUT2D eigenvalue weighted by Crippen LogP contribution is -2.05. The number of carboxylic acid groups (broad SMARTS) is 1. The molecule has 0 saturated heterocycles. The van der Waals surface area contributed by atoms with Crippen molar-refractivity contribution in [3.8, 4) is 11.5 Å². The molecule has 0 atom stereocenters. The van der Waals surface area contributed by atoms with E-state index in [-0.39, 0.29) is 11.7 Å². The number of hydrogen-bond acceptors (Lipinski definition) is 3. The van der Waals surface area contributed by atoms with Crippen molar-refractivity contribution in [2.45, 2.75) is 33.8 Å². The van der Waals surface area contributed by atoms with Gasteiger partial charge in [0.25, 0.3) is 0 Å². The average Bonchev–Trinajstić information content (AvgIpc) is 2.54. The van der Waals surface area contributed by atoms with Crippen molar-refractivity contribution in [3.05, 3.63) is 59.2 Å². The summed E-state index contributed by atoms with van der Waals surface area (Å²) in [7, 11) is 0. The van der Waals surface area contributed by atoms with Gasteiger partial charge in [-0.3, -0.25) is 0 Å². The maximum Gasteiger partial charge on any atom is 0.336 e. The van der Waals surface area contributed by atoms with E-state index in [1.807, 2.05) is 58.0 Å². The third-order valence-electron chi connectivity index (χ3n) is 3.59. The van der Waals surface area contributed by atoms with Crippen molar-refractivity contribution in [1.82, 2.24) is 0 Å². The van der Waals surface area contributed by atoms with E-state index in [2.05, 4.69) is 0 Å². The molecule has 1 N–H and O–H groups in total. The maximum absolute atomic E-state index is 11.8. The Morgan fingerprint density at radius 2 is 1.76 bits per heavy atom. The fourth-order valence-electron chi connectivity index (χ4n) is 2.53. The SMILES string of the molecule is CCOc1ccc(/C(=C/c2ccc(OC(C)C)cc2)C(=O)O)c(C)c1. The Kier molecular flexibility index (Phi) is 6.23. The monoisotopic (exact) mass is 340 g/mol. The zero-order valence-electron chi connectivity index (χ0n) is 15.1. The summed E-state index contributed by atoms with van der Waals surface area (Å²) in [5, 5.41) is 9.63. The van der Waals surface area contributed by atoms with Crippen LogP contribution in [0.2, 0.25) is 0 Å². The molecule has 0 fully saturated rings. The predicted molar refractivity (Wildman–Crippen MR) is 100 cm³/mol. The Hall–Kier alpha value is -2.75. The van der Waals surface area contributed by atoms with Crippen LogP contribution in [0, 0.1) is 6.92 Å². The summed E-state index contributed by atoms with van der Waals surface area (Å²) in [6, 6.07) is 12.8. The van der Waals surface area contributed by atoms with Crippen LogP contribution in [0.3, 0.4) is 0 Å². The third kappa shape index (κ3) is 5.11. The van der Waals surface area contributed by atoms with Gasteiger partial charge < -0.3 is 14.6 Å². The first-order valence-corrected chi connectivity index (χ1v) is 8.36. The number of ether oxygens (including phenoxy) is 2. The van der Waals surface area contributed by atoms with Crippen molar-refractivity contribution >= 4 is 17.6 Å². The topological polar surface area (TPSA) is 55.8 Å². The van der Waals surface area contributed by atoms with Gasteiger partial charge in [-0.15, -0.1) is 0 Å². The predicted octanol–water partition coefficient (Wildman–Crippen LogP) is 4.81. The Morgan fingerprint density at radius 3 is 2.28 bits per heavy atom. The summed E-state index contributed by atoms with van der Waals surface area (Å²) in [6.45, 7) is 8.30. The minimum Gasteiger partial charge on any atom is -0.494 e. The number of aryl methyl sites for hydroxylation is 1. The van der Waals surface area contributed by atoms with Crippen LogP contribution in [0.5, 0.6) is 11.5 Å². The molecule has 25 heavy (non-hydrogen) atoms. The van der Waals surface area contributed by atoms with Crippen LogP contribution in [0.1, 0.15) is 37.5 Å². The quantitative estimate of drug-likeness (QED) is 0.581. The van der Waals surface area contributed by atoms with Crippen LogP contribution < -0.4 is 9.47 Å². The number of rotatable bonds is 7. The number of carboxylic acids is 1. The molecular weight excluding hydrogens is 316 g/mol. The van der Waals surface area contributed by atoms with Gasteiger partial charge in [-0.25, -0.2) is 4.79 Å². The van der Waals surface area contributed by atoms with Crippen molar-refractivity contribution in [1.29, 1.82) is 0 Å². The molecule has 0 aromatic heterocycles. The van der Waals surface area contributed by atoms with E-state index in [1.54, 1.807) is 18.2 Å². The zero-order chi connectivity index (χ0) is 18.4. The standard InChI is InChI=1S/C21H24O4/c1-5-24-18-10-11-19(15(4)12-18)20(21(22)23)13-16-6-8-17(9-7-16)25-14(2)3/h6-14H,5H2,1-4H3,(H,22,23)/b20-13-. The molecular formula is C21H24O4. The third-order valence-corrected chi connectivity index (χ3v) is 3.59. The Labute approximate surface area is 148 Å². The summed E-state index contributed by atoms with van der Waals surface area (Å²) in [6.07, 6.45) is 1.77. The minimum absolute atomic E-state index is 0.0995. The summed E-state index contributed by atoms with van der Waals surface area (Å²) in [5.74, 6) is 0.541. The van der Waals surface area contributed by atoms with Gasteiger partial charge in [-0.05, 0) is 74.7 Å². The second-order valence-corrected chi connectivity index (χ2v) is 6.01. The summed E-state index contributed by atoms with van der Waals surface area (Å²) >= 11 is 0. The van der Waals surface area contributed by atoms with Gasteiger partial charge in [-0.1, -0.05) is 18.2 Å². The van der Waals surface area contributed by atoms with Crippen LogP contribution in [0.15, 0.2) is 42.5 Å². The lowest BCUT2D eigenvalue weighted by molar-refractivity contribution is -0.130. The van der Waals surface area contributed by atoms with Gasteiger partial charge in [-0.2, -0.15) is 0 Å². The molecule has 0 spiro atoms. The lowest BCUT2D eigenvalue weighted by Gasteiger charge is -2.11. The zero-order valence-corrected chi connectivity index (χ0v) is 15.1. The molecule has 0 saturated carbocycles. The number of benzene rings is 2. The summed E-state index contributed by atoms with van der Waals surface area (Å²) in [5.41, 5.74) is 2.60. The highest BCUT2D eigenvalue weighted by Gasteiger charge is 2.14. The molecule has 0 aliphatic heterocycles. The van der Waals surface area contributed by atoms with Crippen LogP contribution in [0.25, 0.3) is 11.6 Å². The molecule has 132 valence electrons. The molecule has 0 heterocycles. The van der Waals surface area contributed by atoms with Gasteiger partial charge in [0, 0.05) is 0 Å². The Bertz CT molecular complexity index is 758. The fraction of sp³-hybridized carbons (Fsp3) is 0.286. The van der Waals surface area contributed by atoms with Gasteiger partial charge >= 0.3 is 5.97 Å². The van der Waals surface area contributed by atoms with Crippen LogP contribution in [0.4, 0.5) is 0 Å². The fourth-order valence-corrected chi connectivity index (χ4v) is 2.53. The van der Waals surface area contributed by atoms with Crippen LogP contribution >= 0.6 is 0 Å². The molecule has 2 aromatic carbocycles. The summed E-state index contributed by atoms with van der Waals surface area (Å²) < 4.78 is 11.1. The smallest absolute Gasteiger partial charge is 0.336 e. The average molecular weight is 340 g/mol. The normalized spacial score (nSPS) is 11.5. The molecule has 0 aliphatic carbocycles. The molecule has 0 radical (unpaired) electrons. The number of hydrogen-bond donors (Lipinski definition) is 1. The van der Waals surface area contributed by atoms with Crippen molar-refractivity contribution in [2.24, 2.45) is 0 Å². The van der Waals surface area contributed by atoms with Crippen LogP contribution in [-0.2, 0) is 4.79 Å². The van der Waals surface area contributed by atoms with Crippen LogP contribution in [-0.4, -0.2) is 23.8 Å². The van der Waals surface area contributed by atoms with Gasteiger partial charge in [0.05, 0.1) is 18.3 Å². The highest BCUT2D eigenvalue weighted by Crippen LogP contribution is 2.26. The molecule has 0 bridgehead atoms. The van der Waals surface area contributed by atoms with Crippen molar-refractivity contribution in [3.63, 3.8) is 0 Å². The summed E-state index contributed by atoms with van der Waals surface area (Å²) in [4.78, 5) is 11.8. The van der Waals surface area contributed by atoms with Gasteiger partial charge in [0.2, 0.25) is 0 Å². The second-order valence-electron chi connectivity index (χ2n) is 6.01. The van der Waals surface area contributed by atoms with E-state index in [0.717, 1.165) is 22.6 Å². The first-order chi connectivity index (χ1) is 11.9. The Balaban J connectivity index is 2.34. The molecule has 0 unspecified atom stereocenters. The van der Waals surface area contributed by atoms with E-state index in [0.29, 0.717) is 12.2 Å². The first kappa shape index (κ1) is 18.6. The molecule has 4 nitrogen and oxygen atoms in total. The minimum atomic E-state index is -0.963. The Morgan fingerprint density at radius 1 is 1.12 bits per heavy atom. The highest BCUT2D eigenvalue weighted by molar-refractivity contribution is 6.21. The molecule has 0 amide bonds. The second kappa shape index (κ2) is 8.38. The molecule has 0 aliphatic rings. The lowest BCUT2D eigenvalue weighted by atomic mass is 9.98. The van der Waals surface area contributed by atoms with Gasteiger partial charge in [0.15, 0.2) is 0 Å². The molecule has 4 heteroatoms. The molecule has 2 rings (SSSR count). The van der Waals surface area contributed by atoms with E-state index in [1.165, 1.54) is 0 Å². The largest absolute Gasteiger partial charge is 0.494 e. The van der Waals surface area contributed by atoms with E-state index in [9.17, 15) is 9.90 Å². The van der Waals surface area contributed by atoms with Crippen molar-refractivity contribution in [2.75, 3.05) is 6.61 Å². The van der Waals surface area contributed by atoms with Gasteiger partial charge in [0.1, 0.15) is 11.5 Å². The first-order valence-electron chi connectivity index (χ1n) is 8.36. The number of carbonyl (C=O) groups is 1. The molecule has 2 aromatic rings. The highest BCUT2D eigenvalue weighted by atomic mass is 16.5. The van der Waals surface area contributed by atoms with Crippen molar-refractivity contribution < 1.29 is 19.4 Å². The van der Waals surface area contributed by atoms with E-state index in [4.69, 9.17) is 9.47 Å².